The number of carbonyl (C=O) groups excluding carboxylic acids is 1. The Morgan fingerprint density at radius 1 is 1.22 bits per heavy atom. The molecule has 23 heavy (non-hydrogen) atoms. The first-order chi connectivity index (χ1) is 11.1. The predicted molar refractivity (Wildman–Crippen MR) is 89.1 cm³/mol. The molecule has 0 aliphatic heterocycles. The molecule has 0 fully saturated rings. The van der Waals surface area contributed by atoms with Gasteiger partial charge in [0.2, 0.25) is 0 Å². The quantitative estimate of drug-likeness (QED) is 0.630. The highest BCUT2D eigenvalue weighted by molar-refractivity contribution is 5.67. The third-order valence-electron chi connectivity index (χ3n) is 3.12. The van der Waals surface area contributed by atoms with Crippen molar-refractivity contribution in [2.24, 2.45) is 0 Å². The Balaban J connectivity index is 1.65. The van der Waals surface area contributed by atoms with Crippen LogP contribution in [0.1, 0.15) is 17.5 Å². The van der Waals surface area contributed by atoms with Crippen molar-refractivity contribution in [3.8, 4) is 0 Å². The number of rotatable bonds is 6. The van der Waals surface area contributed by atoms with Crippen molar-refractivity contribution in [2.45, 2.75) is 13.0 Å². The third-order valence-corrected chi connectivity index (χ3v) is 3.12. The van der Waals surface area contributed by atoms with Crippen molar-refractivity contribution in [3.63, 3.8) is 0 Å². The van der Waals surface area contributed by atoms with Gasteiger partial charge < -0.3 is 15.8 Å². The van der Waals surface area contributed by atoms with Crippen molar-refractivity contribution in [2.75, 3.05) is 12.3 Å². The third kappa shape index (κ3) is 5.82. The summed E-state index contributed by atoms with van der Waals surface area (Å²) >= 11 is 0. The number of nitrogens with two attached hydrogens (primary N) is 1. The van der Waals surface area contributed by atoms with Crippen LogP contribution in [0.25, 0.3) is 6.08 Å². The molecule has 2 aromatic rings. The summed E-state index contributed by atoms with van der Waals surface area (Å²) in [6.45, 7) is 0.707. The summed E-state index contributed by atoms with van der Waals surface area (Å²) < 4.78 is 18.1. The topological polar surface area (TPSA) is 64.3 Å². The Labute approximate surface area is 134 Å². The lowest BCUT2D eigenvalue weighted by Gasteiger charge is -2.05. The standard InChI is InChI=1S/C18H19FN2O2/c19-16-10-9-14(12-17(16)20)6-4-5-11-21-18(22)23-13-15-7-2-1-3-8-15/h1-4,6-10,12H,5,11,13,20H2,(H,21,22). The highest BCUT2D eigenvalue weighted by Crippen LogP contribution is 2.13. The van der Waals surface area contributed by atoms with Crippen LogP contribution in [0.4, 0.5) is 14.9 Å². The van der Waals surface area contributed by atoms with E-state index in [2.05, 4.69) is 5.32 Å². The van der Waals surface area contributed by atoms with Crippen LogP contribution in [0, 0.1) is 5.82 Å². The molecule has 0 spiro atoms. The molecule has 0 radical (unpaired) electrons. The van der Waals surface area contributed by atoms with Crippen molar-refractivity contribution in [1.29, 1.82) is 0 Å². The molecule has 0 bridgehead atoms. The number of alkyl carbamates (subject to hydrolysis) is 1. The summed E-state index contributed by atoms with van der Waals surface area (Å²) in [5, 5.41) is 2.66. The minimum Gasteiger partial charge on any atom is -0.445 e. The van der Waals surface area contributed by atoms with Gasteiger partial charge in [0, 0.05) is 6.54 Å². The summed E-state index contributed by atoms with van der Waals surface area (Å²) in [5.74, 6) is -0.426. The molecule has 4 nitrogen and oxygen atoms in total. The van der Waals surface area contributed by atoms with Gasteiger partial charge in [-0.3, -0.25) is 0 Å². The number of halogens is 1. The summed E-state index contributed by atoms with van der Waals surface area (Å²) in [6, 6.07) is 14.0. The van der Waals surface area contributed by atoms with E-state index in [-0.39, 0.29) is 12.3 Å². The molecule has 0 saturated carbocycles. The van der Waals surface area contributed by atoms with Crippen molar-refractivity contribution >= 4 is 17.9 Å². The molecule has 0 atom stereocenters. The van der Waals surface area contributed by atoms with Gasteiger partial charge in [0.05, 0.1) is 5.69 Å². The lowest BCUT2D eigenvalue weighted by Crippen LogP contribution is -2.24. The number of hydrogen-bond acceptors (Lipinski definition) is 3. The van der Waals surface area contributed by atoms with Crippen molar-refractivity contribution < 1.29 is 13.9 Å². The molecular formula is C18H19FN2O2. The number of ether oxygens (including phenoxy) is 1. The van der Waals surface area contributed by atoms with Gasteiger partial charge in [0.15, 0.2) is 0 Å². The molecule has 0 aromatic heterocycles. The number of amides is 1. The van der Waals surface area contributed by atoms with Crippen molar-refractivity contribution in [1.82, 2.24) is 5.32 Å². The van der Waals surface area contributed by atoms with Crippen LogP contribution in [-0.4, -0.2) is 12.6 Å². The lowest BCUT2D eigenvalue weighted by molar-refractivity contribution is 0.140. The molecule has 0 unspecified atom stereocenters. The van der Waals surface area contributed by atoms with E-state index in [1.54, 1.807) is 12.1 Å². The van der Waals surface area contributed by atoms with Crippen LogP contribution in [0.3, 0.4) is 0 Å². The summed E-state index contributed by atoms with van der Waals surface area (Å²) in [7, 11) is 0. The van der Waals surface area contributed by atoms with Gasteiger partial charge in [0.1, 0.15) is 12.4 Å². The van der Waals surface area contributed by atoms with Gasteiger partial charge in [-0.2, -0.15) is 0 Å². The van der Waals surface area contributed by atoms with Crippen LogP contribution in [0.5, 0.6) is 0 Å². The maximum Gasteiger partial charge on any atom is 0.407 e. The largest absolute Gasteiger partial charge is 0.445 e. The average Bonchev–Trinajstić information content (AvgIpc) is 2.57. The van der Waals surface area contributed by atoms with Gasteiger partial charge in [0.25, 0.3) is 0 Å². The van der Waals surface area contributed by atoms with E-state index < -0.39 is 11.9 Å². The number of nitrogen functional groups attached to an aromatic ring is 1. The summed E-state index contributed by atoms with van der Waals surface area (Å²) in [4.78, 5) is 11.5. The molecule has 0 aliphatic rings. The Morgan fingerprint density at radius 2 is 2.00 bits per heavy atom. The highest BCUT2D eigenvalue weighted by atomic mass is 19.1. The van der Waals surface area contributed by atoms with E-state index in [4.69, 9.17) is 10.5 Å². The van der Waals surface area contributed by atoms with E-state index in [1.165, 1.54) is 6.07 Å². The first kappa shape index (κ1) is 16.5. The van der Waals surface area contributed by atoms with Gasteiger partial charge in [-0.1, -0.05) is 48.6 Å². The molecule has 2 aromatic carbocycles. The minimum absolute atomic E-state index is 0.120. The van der Waals surface area contributed by atoms with E-state index in [9.17, 15) is 9.18 Å². The van der Waals surface area contributed by atoms with Gasteiger partial charge in [-0.15, -0.1) is 0 Å². The maximum absolute atomic E-state index is 13.0. The molecule has 120 valence electrons. The molecular weight excluding hydrogens is 295 g/mol. The fourth-order valence-corrected chi connectivity index (χ4v) is 1.92. The number of anilines is 1. The molecule has 2 rings (SSSR count). The second-order valence-electron chi connectivity index (χ2n) is 4.96. The second kappa shape index (κ2) is 8.58. The van der Waals surface area contributed by atoms with Crippen LogP contribution in [-0.2, 0) is 11.3 Å². The molecule has 0 aliphatic carbocycles. The Morgan fingerprint density at radius 3 is 2.74 bits per heavy atom. The monoisotopic (exact) mass is 314 g/mol. The highest BCUT2D eigenvalue weighted by Gasteiger charge is 2.01. The molecule has 1 amide bonds. The first-order valence-electron chi connectivity index (χ1n) is 7.31. The number of nitrogens with one attached hydrogen (secondary N) is 1. The summed E-state index contributed by atoms with van der Waals surface area (Å²) in [6.07, 6.45) is 3.89. The normalized spacial score (nSPS) is 10.7. The van der Waals surface area contributed by atoms with E-state index in [0.717, 1.165) is 11.1 Å². The first-order valence-corrected chi connectivity index (χ1v) is 7.31. The number of hydrogen-bond donors (Lipinski definition) is 2. The smallest absolute Gasteiger partial charge is 0.407 e. The SMILES string of the molecule is Nc1cc(C=CCCNC(=O)OCc2ccccc2)ccc1F. The van der Waals surface area contributed by atoms with Gasteiger partial charge in [-0.25, -0.2) is 9.18 Å². The average molecular weight is 314 g/mol. The zero-order valence-corrected chi connectivity index (χ0v) is 12.7. The van der Waals surface area contributed by atoms with E-state index >= 15 is 0 Å². The van der Waals surface area contributed by atoms with Crippen LogP contribution < -0.4 is 11.1 Å². The molecule has 5 heteroatoms. The fourth-order valence-electron chi connectivity index (χ4n) is 1.92. The van der Waals surface area contributed by atoms with Crippen molar-refractivity contribution in [3.05, 3.63) is 71.6 Å². The number of carbonyl (C=O) groups is 1. The van der Waals surface area contributed by atoms with E-state index in [1.807, 2.05) is 42.5 Å². The fraction of sp³-hybridized carbons (Fsp3) is 0.167. The maximum atomic E-state index is 13.0. The zero-order chi connectivity index (χ0) is 16.5. The second-order valence-corrected chi connectivity index (χ2v) is 4.96. The van der Waals surface area contributed by atoms with E-state index in [0.29, 0.717) is 13.0 Å². The molecule has 3 N–H and O–H groups in total. The Hall–Kier alpha value is -2.82. The van der Waals surface area contributed by atoms with Crippen LogP contribution in [0.15, 0.2) is 54.6 Å². The van der Waals surface area contributed by atoms with Gasteiger partial charge >= 0.3 is 6.09 Å². The van der Waals surface area contributed by atoms with Crippen LogP contribution in [0.2, 0.25) is 0 Å². The lowest BCUT2D eigenvalue weighted by atomic mass is 10.1. The minimum atomic E-state index is -0.451. The zero-order valence-electron chi connectivity index (χ0n) is 12.7. The summed E-state index contributed by atoms with van der Waals surface area (Å²) in [5.41, 5.74) is 7.37. The molecule has 0 saturated heterocycles. The number of benzene rings is 2. The Bertz CT molecular complexity index is 672. The van der Waals surface area contributed by atoms with Crippen LogP contribution >= 0.6 is 0 Å². The van der Waals surface area contributed by atoms with Gasteiger partial charge in [-0.05, 0) is 29.7 Å². The Kier molecular flexibility index (Phi) is 6.17. The molecule has 0 heterocycles. The predicted octanol–water partition coefficient (Wildman–Crippen LogP) is 3.74.